The maximum absolute atomic E-state index is 13.3. The lowest BCUT2D eigenvalue weighted by atomic mass is 10.0. The van der Waals surface area contributed by atoms with Gasteiger partial charge in [-0.1, -0.05) is 42.5 Å². The smallest absolute Gasteiger partial charge is 0.272 e. The number of amides is 2. The van der Waals surface area contributed by atoms with Gasteiger partial charge in [0.2, 0.25) is 0 Å². The molecule has 1 aliphatic carbocycles. The fourth-order valence-corrected chi connectivity index (χ4v) is 4.24. The fraction of sp³-hybridized carbons (Fsp3) is 0.111. The van der Waals surface area contributed by atoms with Crippen LogP contribution in [-0.4, -0.2) is 11.8 Å². The van der Waals surface area contributed by atoms with E-state index in [0.717, 1.165) is 23.8 Å². The molecule has 4 aromatic rings. The van der Waals surface area contributed by atoms with E-state index in [1.54, 1.807) is 24.3 Å². The molecule has 0 atom stereocenters. The Labute approximate surface area is 185 Å². The van der Waals surface area contributed by atoms with Crippen LogP contribution >= 0.6 is 0 Å². The van der Waals surface area contributed by atoms with Crippen molar-refractivity contribution < 1.29 is 14.0 Å². The average molecular weight is 422 g/mol. The molecule has 5 rings (SSSR count). The predicted octanol–water partition coefficient (Wildman–Crippen LogP) is 5.25. The summed E-state index contributed by atoms with van der Waals surface area (Å²) in [6.45, 7) is 1.86. The highest BCUT2D eigenvalue weighted by Crippen LogP contribution is 2.35. The number of carbonyl (C=O) groups is 2. The van der Waals surface area contributed by atoms with Crippen LogP contribution in [0.2, 0.25) is 0 Å². The zero-order chi connectivity index (χ0) is 22.1. The number of anilines is 1. The summed E-state index contributed by atoms with van der Waals surface area (Å²) in [5.74, 6) is -0.292. The Morgan fingerprint density at radius 3 is 2.50 bits per heavy atom. The number of carbonyl (C=O) groups excluding carboxylic acids is 2. The van der Waals surface area contributed by atoms with E-state index in [1.807, 2.05) is 37.3 Å². The van der Waals surface area contributed by atoms with Gasteiger partial charge in [-0.15, -0.1) is 0 Å². The van der Waals surface area contributed by atoms with Crippen molar-refractivity contribution in [1.29, 1.82) is 0 Å². The third-order valence-electron chi connectivity index (χ3n) is 5.84. The number of furan rings is 1. The van der Waals surface area contributed by atoms with Crippen molar-refractivity contribution >= 4 is 34.4 Å². The van der Waals surface area contributed by atoms with E-state index < -0.39 is 5.91 Å². The van der Waals surface area contributed by atoms with Crippen molar-refractivity contribution in [3.8, 4) is 0 Å². The Balaban J connectivity index is 1.48. The van der Waals surface area contributed by atoms with E-state index in [1.165, 1.54) is 28.9 Å². The van der Waals surface area contributed by atoms with Gasteiger partial charge in [-0.25, -0.2) is 0 Å². The molecule has 0 saturated carbocycles. The van der Waals surface area contributed by atoms with Crippen molar-refractivity contribution in [3.05, 3.63) is 107 Å². The first-order valence-corrected chi connectivity index (χ1v) is 10.6. The van der Waals surface area contributed by atoms with Gasteiger partial charge in [0.05, 0.1) is 6.26 Å². The van der Waals surface area contributed by atoms with Gasteiger partial charge in [0.1, 0.15) is 11.5 Å². The number of rotatable bonds is 5. The van der Waals surface area contributed by atoms with Crippen molar-refractivity contribution in [3.63, 3.8) is 0 Å². The summed E-state index contributed by atoms with van der Waals surface area (Å²) in [7, 11) is 0. The molecule has 5 heteroatoms. The van der Waals surface area contributed by atoms with Crippen LogP contribution in [0.1, 0.15) is 32.8 Å². The molecule has 0 fully saturated rings. The number of nitrogens with one attached hydrogen (secondary N) is 2. The lowest BCUT2D eigenvalue weighted by Gasteiger charge is -2.14. The van der Waals surface area contributed by atoms with E-state index in [4.69, 9.17) is 4.42 Å². The summed E-state index contributed by atoms with van der Waals surface area (Å²) in [5.41, 5.74) is 4.76. The molecule has 2 N–H and O–H groups in total. The van der Waals surface area contributed by atoms with Gasteiger partial charge in [-0.3, -0.25) is 9.59 Å². The molecule has 2 amide bonds. The van der Waals surface area contributed by atoms with Crippen LogP contribution in [0.25, 0.3) is 16.8 Å². The largest absolute Gasteiger partial charge is 0.465 e. The lowest BCUT2D eigenvalue weighted by Crippen LogP contribution is -2.31. The van der Waals surface area contributed by atoms with Gasteiger partial charge in [0, 0.05) is 22.7 Å². The molecule has 0 spiro atoms. The number of hydrogen-bond donors (Lipinski definition) is 2. The summed E-state index contributed by atoms with van der Waals surface area (Å²) in [6.07, 6.45) is 5.08. The van der Waals surface area contributed by atoms with Crippen molar-refractivity contribution in [2.24, 2.45) is 0 Å². The Kier molecular flexibility index (Phi) is 5.07. The summed E-state index contributed by atoms with van der Waals surface area (Å²) in [6, 6.07) is 20.9. The van der Waals surface area contributed by atoms with E-state index in [0.29, 0.717) is 17.0 Å². The standard InChI is InChI=1S/C27H22N2O3/c1-17-6-2-3-9-21(17)26(30)29-24(16-20-8-5-15-32-20)27(31)28-23-14-13-19-12-11-18-7-4-10-22(23)25(18)19/h2-10,13-16H,11-12H2,1H3,(H,28,31)(H,29,30)/b24-16-. The SMILES string of the molecule is Cc1ccccc1C(=O)N/C(=C\c1ccco1)C(=O)Nc1ccc2c3c(cccc13)CC2. The zero-order valence-electron chi connectivity index (χ0n) is 17.6. The Hall–Kier alpha value is -4.12. The first-order valence-electron chi connectivity index (χ1n) is 10.6. The van der Waals surface area contributed by atoms with Crippen LogP contribution < -0.4 is 10.6 Å². The van der Waals surface area contributed by atoms with Crippen molar-refractivity contribution in [2.45, 2.75) is 19.8 Å². The first kappa shape index (κ1) is 19.8. The first-order chi connectivity index (χ1) is 15.6. The maximum Gasteiger partial charge on any atom is 0.272 e. The molecule has 0 bridgehead atoms. The Morgan fingerprint density at radius 2 is 1.72 bits per heavy atom. The van der Waals surface area contributed by atoms with Crippen LogP contribution in [-0.2, 0) is 17.6 Å². The minimum Gasteiger partial charge on any atom is -0.465 e. The summed E-state index contributed by atoms with van der Waals surface area (Å²) >= 11 is 0. The third kappa shape index (κ3) is 3.69. The van der Waals surface area contributed by atoms with Gasteiger partial charge in [0.25, 0.3) is 11.8 Å². The zero-order valence-corrected chi connectivity index (χ0v) is 17.6. The molecule has 3 aromatic carbocycles. The molecule has 1 aliphatic rings. The maximum atomic E-state index is 13.3. The summed E-state index contributed by atoms with van der Waals surface area (Å²) in [5, 5.41) is 7.97. The number of hydrogen-bond acceptors (Lipinski definition) is 3. The molecule has 5 nitrogen and oxygen atoms in total. The topological polar surface area (TPSA) is 71.3 Å². The highest BCUT2D eigenvalue weighted by atomic mass is 16.3. The molecular formula is C27H22N2O3. The molecule has 32 heavy (non-hydrogen) atoms. The normalized spacial score (nSPS) is 12.7. The van der Waals surface area contributed by atoms with Crippen LogP contribution in [0, 0.1) is 6.92 Å². The third-order valence-corrected chi connectivity index (χ3v) is 5.84. The second kappa shape index (κ2) is 8.19. The minimum atomic E-state index is -0.415. The minimum absolute atomic E-state index is 0.108. The highest BCUT2D eigenvalue weighted by molar-refractivity contribution is 6.14. The lowest BCUT2D eigenvalue weighted by molar-refractivity contribution is -0.113. The molecule has 0 radical (unpaired) electrons. The van der Waals surface area contributed by atoms with Gasteiger partial charge in [-0.2, -0.15) is 0 Å². The molecule has 158 valence electrons. The average Bonchev–Trinajstić information content (AvgIpc) is 3.46. The van der Waals surface area contributed by atoms with Crippen LogP contribution in [0.4, 0.5) is 5.69 Å². The molecule has 0 saturated heterocycles. The van der Waals surface area contributed by atoms with E-state index in [9.17, 15) is 9.59 Å². The van der Waals surface area contributed by atoms with Gasteiger partial charge in [-0.05, 0) is 66.1 Å². The van der Waals surface area contributed by atoms with Gasteiger partial charge < -0.3 is 15.1 Å². The highest BCUT2D eigenvalue weighted by Gasteiger charge is 2.20. The molecular weight excluding hydrogens is 400 g/mol. The number of benzene rings is 3. The van der Waals surface area contributed by atoms with E-state index >= 15 is 0 Å². The predicted molar refractivity (Wildman–Crippen MR) is 125 cm³/mol. The Bertz CT molecular complexity index is 1360. The molecule has 1 aromatic heterocycles. The van der Waals surface area contributed by atoms with E-state index in [2.05, 4.69) is 22.8 Å². The van der Waals surface area contributed by atoms with Gasteiger partial charge >= 0.3 is 0 Å². The summed E-state index contributed by atoms with van der Waals surface area (Å²) in [4.78, 5) is 26.2. The van der Waals surface area contributed by atoms with E-state index in [-0.39, 0.29) is 11.6 Å². The van der Waals surface area contributed by atoms with Crippen LogP contribution in [0.5, 0.6) is 0 Å². The van der Waals surface area contributed by atoms with Gasteiger partial charge in [0.15, 0.2) is 0 Å². The van der Waals surface area contributed by atoms with Crippen molar-refractivity contribution in [1.82, 2.24) is 5.32 Å². The number of aryl methyl sites for hydroxylation is 3. The quantitative estimate of drug-likeness (QED) is 0.432. The second-order valence-corrected chi connectivity index (χ2v) is 7.91. The fourth-order valence-electron chi connectivity index (χ4n) is 4.24. The van der Waals surface area contributed by atoms with Crippen LogP contribution in [0.3, 0.4) is 0 Å². The summed E-state index contributed by atoms with van der Waals surface area (Å²) < 4.78 is 5.38. The molecule has 1 heterocycles. The second-order valence-electron chi connectivity index (χ2n) is 7.91. The van der Waals surface area contributed by atoms with Crippen molar-refractivity contribution in [2.75, 3.05) is 5.32 Å². The van der Waals surface area contributed by atoms with Crippen LogP contribution in [0.15, 0.2) is 83.1 Å². The molecule has 0 unspecified atom stereocenters. The Morgan fingerprint density at radius 1 is 0.906 bits per heavy atom. The molecule has 0 aliphatic heterocycles. The monoisotopic (exact) mass is 422 g/mol.